The third kappa shape index (κ3) is 2.40. The number of aryl methyl sites for hydroxylation is 1. The molecule has 3 N–H and O–H groups in total. The zero-order chi connectivity index (χ0) is 13.1. The average Bonchev–Trinajstić information content (AvgIpc) is 2.37. The van der Waals surface area contributed by atoms with Crippen molar-refractivity contribution in [2.75, 3.05) is 18.2 Å². The molecule has 0 spiro atoms. The van der Waals surface area contributed by atoms with Gasteiger partial charge in [0.05, 0.1) is 7.11 Å². The van der Waals surface area contributed by atoms with Crippen molar-refractivity contribution in [3.05, 3.63) is 34.6 Å². The Hall–Kier alpha value is -2.57. The lowest BCUT2D eigenvalue weighted by molar-refractivity contribution is 0.415. The van der Waals surface area contributed by atoms with E-state index in [-0.39, 0.29) is 11.8 Å². The van der Waals surface area contributed by atoms with E-state index in [0.717, 1.165) is 16.1 Å². The summed E-state index contributed by atoms with van der Waals surface area (Å²) in [5.41, 5.74) is 5.83. The van der Waals surface area contributed by atoms with Crippen LogP contribution in [-0.4, -0.2) is 21.9 Å². The van der Waals surface area contributed by atoms with Crippen molar-refractivity contribution in [2.24, 2.45) is 7.05 Å². The largest absolute Gasteiger partial charge is 0.497 e. The second kappa shape index (κ2) is 4.74. The first-order valence-electron chi connectivity index (χ1n) is 5.22. The number of nitrogen functional groups attached to an aromatic ring is 1. The van der Waals surface area contributed by atoms with Crippen LogP contribution in [0, 0.1) is 0 Å². The fourth-order valence-corrected chi connectivity index (χ4v) is 1.39. The summed E-state index contributed by atoms with van der Waals surface area (Å²) in [6.45, 7) is 0. The van der Waals surface area contributed by atoms with Gasteiger partial charge in [-0.25, -0.2) is 4.68 Å². The molecule has 1 aromatic heterocycles. The van der Waals surface area contributed by atoms with Crippen molar-refractivity contribution in [2.45, 2.75) is 0 Å². The minimum absolute atomic E-state index is 0.0940. The van der Waals surface area contributed by atoms with Gasteiger partial charge in [0, 0.05) is 12.7 Å². The summed E-state index contributed by atoms with van der Waals surface area (Å²) in [6.07, 6.45) is 0. The van der Waals surface area contributed by atoms with Crippen LogP contribution in [0.5, 0.6) is 5.75 Å². The van der Waals surface area contributed by atoms with E-state index < -0.39 is 5.56 Å². The minimum Gasteiger partial charge on any atom is -0.497 e. The van der Waals surface area contributed by atoms with Crippen molar-refractivity contribution >= 4 is 17.5 Å². The maximum atomic E-state index is 11.3. The van der Waals surface area contributed by atoms with Gasteiger partial charge in [-0.2, -0.15) is 4.98 Å². The molecular formula is C11H13N5O2. The number of aromatic nitrogens is 3. The quantitative estimate of drug-likeness (QED) is 0.820. The Morgan fingerprint density at radius 3 is 2.56 bits per heavy atom. The van der Waals surface area contributed by atoms with Crippen LogP contribution in [0.2, 0.25) is 0 Å². The van der Waals surface area contributed by atoms with Gasteiger partial charge in [0.25, 0.3) is 0 Å². The number of nitrogens with one attached hydrogen (secondary N) is 1. The molecule has 0 fully saturated rings. The fourth-order valence-electron chi connectivity index (χ4n) is 1.39. The molecule has 1 aromatic carbocycles. The van der Waals surface area contributed by atoms with Crippen molar-refractivity contribution in [1.82, 2.24) is 14.8 Å². The van der Waals surface area contributed by atoms with Gasteiger partial charge in [0.15, 0.2) is 5.82 Å². The minimum atomic E-state index is -0.421. The molecule has 0 bridgehead atoms. The first-order chi connectivity index (χ1) is 8.60. The molecule has 0 saturated heterocycles. The zero-order valence-electron chi connectivity index (χ0n) is 10.0. The van der Waals surface area contributed by atoms with E-state index >= 15 is 0 Å². The summed E-state index contributed by atoms with van der Waals surface area (Å²) >= 11 is 0. The smallest absolute Gasteiger partial charge is 0.309 e. The van der Waals surface area contributed by atoms with Crippen LogP contribution >= 0.6 is 0 Å². The van der Waals surface area contributed by atoms with Crippen molar-refractivity contribution in [3.8, 4) is 5.75 Å². The number of ether oxygens (including phenoxy) is 1. The van der Waals surface area contributed by atoms with Crippen molar-refractivity contribution in [3.63, 3.8) is 0 Å². The second-order valence-corrected chi connectivity index (χ2v) is 3.60. The monoisotopic (exact) mass is 247 g/mol. The Bertz CT molecular complexity index is 580. The average molecular weight is 247 g/mol. The molecule has 0 radical (unpaired) electrons. The lowest BCUT2D eigenvalue weighted by atomic mass is 10.3. The summed E-state index contributed by atoms with van der Waals surface area (Å²) in [5.74, 6) is 0.921. The molecular weight excluding hydrogens is 234 g/mol. The molecule has 2 aromatic rings. The van der Waals surface area contributed by atoms with E-state index in [0.29, 0.717) is 0 Å². The van der Waals surface area contributed by atoms with Crippen LogP contribution in [0.15, 0.2) is 29.1 Å². The Labute approximate surface area is 103 Å². The zero-order valence-corrected chi connectivity index (χ0v) is 10.0. The Kier molecular flexibility index (Phi) is 3.13. The maximum absolute atomic E-state index is 11.3. The third-order valence-corrected chi connectivity index (χ3v) is 2.33. The Morgan fingerprint density at radius 2 is 2.00 bits per heavy atom. The van der Waals surface area contributed by atoms with Gasteiger partial charge in [0.1, 0.15) is 5.75 Å². The normalized spacial score (nSPS) is 10.1. The van der Waals surface area contributed by atoms with E-state index in [2.05, 4.69) is 15.4 Å². The number of methoxy groups -OCH3 is 1. The number of benzene rings is 1. The molecule has 0 saturated carbocycles. The topological polar surface area (TPSA) is 95.1 Å². The van der Waals surface area contributed by atoms with Gasteiger partial charge in [-0.3, -0.25) is 4.79 Å². The maximum Gasteiger partial charge on any atom is 0.309 e. The molecule has 94 valence electrons. The molecule has 0 amide bonds. The molecule has 0 aliphatic rings. The predicted molar refractivity (Wildman–Crippen MR) is 68.0 cm³/mol. The first-order valence-corrected chi connectivity index (χ1v) is 5.22. The molecule has 2 rings (SSSR count). The fraction of sp³-hybridized carbons (Fsp3) is 0.182. The summed E-state index contributed by atoms with van der Waals surface area (Å²) < 4.78 is 6.18. The van der Waals surface area contributed by atoms with Crippen LogP contribution in [0.3, 0.4) is 0 Å². The molecule has 7 heteroatoms. The van der Waals surface area contributed by atoms with Crippen LogP contribution in [-0.2, 0) is 7.05 Å². The van der Waals surface area contributed by atoms with Crippen LogP contribution < -0.4 is 21.3 Å². The second-order valence-electron chi connectivity index (χ2n) is 3.60. The highest BCUT2D eigenvalue weighted by Gasteiger charge is 2.04. The van der Waals surface area contributed by atoms with Crippen molar-refractivity contribution in [1.29, 1.82) is 0 Å². The standard InChI is InChI=1S/C11H13N5O2/c1-16-10(17)9(12)14-11(15-16)13-7-3-5-8(18-2)6-4-7/h3-6H,1-2H3,(H3,12,13,14,15). The lowest BCUT2D eigenvalue weighted by Gasteiger charge is -2.07. The van der Waals surface area contributed by atoms with Gasteiger partial charge < -0.3 is 15.8 Å². The van der Waals surface area contributed by atoms with E-state index in [1.807, 2.05) is 12.1 Å². The number of rotatable bonds is 3. The molecule has 7 nitrogen and oxygen atoms in total. The summed E-state index contributed by atoms with van der Waals surface area (Å²) in [6, 6.07) is 7.22. The Morgan fingerprint density at radius 1 is 1.33 bits per heavy atom. The number of nitrogens with zero attached hydrogens (tertiary/aromatic N) is 3. The highest BCUT2D eigenvalue weighted by molar-refractivity contribution is 5.54. The van der Waals surface area contributed by atoms with Gasteiger partial charge in [-0.15, -0.1) is 5.10 Å². The summed E-state index contributed by atoms with van der Waals surface area (Å²) in [7, 11) is 3.11. The van der Waals surface area contributed by atoms with Crippen LogP contribution in [0.1, 0.15) is 0 Å². The van der Waals surface area contributed by atoms with E-state index in [1.165, 1.54) is 7.05 Å². The predicted octanol–water partition coefficient (Wildman–Crippen LogP) is 0.510. The van der Waals surface area contributed by atoms with Gasteiger partial charge in [-0.1, -0.05) is 0 Å². The molecule has 18 heavy (non-hydrogen) atoms. The molecule has 0 unspecified atom stereocenters. The molecule has 0 atom stereocenters. The van der Waals surface area contributed by atoms with Crippen LogP contribution in [0.25, 0.3) is 0 Å². The number of hydrogen-bond donors (Lipinski definition) is 2. The third-order valence-electron chi connectivity index (χ3n) is 2.33. The summed E-state index contributed by atoms with van der Waals surface area (Å²) in [4.78, 5) is 15.2. The molecule has 1 heterocycles. The highest BCUT2D eigenvalue weighted by Crippen LogP contribution is 2.17. The van der Waals surface area contributed by atoms with Gasteiger partial charge >= 0.3 is 5.56 Å². The SMILES string of the molecule is COc1ccc(Nc2nc(N)c(=O)n(C)n2)cc1. The summed E-state index contributed by atoms with van der Waals surface area (Å²) in [5, 5.41) is 6.89. The number of anilines is 3. The Balaban J connectivity index is 2.25. The van der Waals surface area contributed by atoms with Gasteiger partial charge in [-0.05, 0) is 24.3 Å². The van der Waals surface area contributed by atoms with Crippen molar-refractivity contribution < 1.29 is 4.74 Å². The van der Waals surface area contributed by atoms with E-state index in [9.17, 15) is 4.79 Å². The number of nitrogens with two attached hydrogens (primary N) is 1. The molecule has 0 aliphatic heterocycles. The van der Waals surface area contributed by atoms with E-state index in [1.54, 1.807) is 19.2 Å². The van der Waals surface area contributed by atoms with Gasteiger partial charge in [0.2, 0.25) is 5.95 Å². The number of hydrogen-bond acceptors (Lipinski definition) is 6. The first kappa shape index (κ1) is 11.9. The molecule has 0 aliphatic carbocycles. The van der Waals surface area contributed by atoms with E-state index in [4.69, 9.17) is 10.5 Å². The lowest BCUT2D eigenvalue weighted by Crippen LogP contribution is -2.25. The van der Waals surface area contributed by atoms with Crippen LogP contribution in [0.4, 0.5) is 17.5 Å². The highest BCUT2D eigenvalue weighted by atomic mass is 16.5.